The molecule has 0 aliphatic heterocycles. The minimum Gasteiger partial charge on any atom is -0.443 e. The number of anilines is 2. The largest absolute Gasteiger partial charge is 0.443 e. The number of oxazole rings is 1. The molecule has 0 unspecified atom stereocenters. The fourth-order valence-corrected chi connectivity index (χ4v) is 2.11. The number of nitrogens with zero attached hydrogens (tertiary/aromatic N) is 3. The SMILES string of the molecule is CN(Cc1ncc(C(C)(C)C)o1)c1cnc(N)s1. The number of hydrogen-bond acceptors (Lipinski definition) is 6. The van der Waals surface area contributed by atoms with Crippen molar-refractivity contribution in [2.24, 2.45) is 0 Å². The number of aromatic nitrogens is 2. The molecule has 0 atom stereocenters. The lowest BCUT2D eigenvalue weighted by molar-refractivity contribution is 0.382. The van der Waals surface area contributed by atoms with E-state index in [1.165, 1.54) is 11.3 Å². The van der Waals surface area contributed by atoms with E-state index in [9.17, 15) is 0 Å². The van der Waals surface area contributed by atoms with Crippen LogP contribution in [0.4, 0.5) is 10.1 Å². The quantitative estimate of drug-likeness (QED) is 0.925. The summed E-state index contributed by atoms with van der Waals surface area (Å²) in [7, 11) is 1.97. The number of nitrogen functional groups attached to an aromatic ring is 1. The average Bonchev–Trinajstić information content (AvgIpc) is 2.85. The predicted molar refractivity (Wildman–Crippen MR) is 73.8 cm³/mol. The summed E-state index contributed by atoms with van der Waals surface area (Å²) in [5.41, 5.74) is 5.60. The van der Waals surface area contributed by atoms with Crippen molar-refractivity contribution < 1.29 is 4.42 Å². The molecule has 6 heteroatoms. The van der Waals surface area contributed by atoms with Gasteiger partial charge in [0.1, 0.15) is 10.8 Å². The third-order valence-electron chi connectivity index (χ3n) is 2.55. The van der Waals surface area contributed by atoms with Crippen molar-refractivity contribution >= 4 is 21.5 Å². The normalized spacial score (nSPS) is 11.8. The van der Waals surface area contributed by atoms with Gasteiger partial charge in [-0.1, -0.05) is 32.1 Å². The Balaban J connectivity index is 2.08. The summed E-state index contributed by atoms with van der Waals surface area (Å²) >= 11 is 1.45. The van der Waals surface area contributed by atoms with Crippen LogP contribution in [0.25, 0.3) is 0 Å². The molecule has 0 spiro atoms. The summed E-state index contributed by atoms with van der Waals surface area (Å²) < 4.78 is 5.75. The Kier molecular flexibility index (Phi) is 3.30. The fraction of sp³-hybridized carbons (Fsp3) is 0.500. The van der Waals surface area contributed by atoms with Crippen molar-refractivity contribution in [3.8, 4) is 0 Å². The number of hydrogen-bond donors (Lipinski definition) is 1. The zero-order valence-corrected chi connectivity index (χ0v) is 11.9. The van der Waals surface area contributed by atoms with E-state index in [0.717, 1.165) is 10.8 Å². The first-order valence-corrected chi connectivity index (χ1v) is 6.55. The molecule has 0 aromatic carbocycles. The van der Waals surface area contributed by atoms with E-state index in [4.69, 9.17) is 10.2 Å². The zero-order valence-electron chi connectivity index (χ0n) is 11.1. The molecule has 0 amide bonds. The predicted octanol–water partition coefficient (Wildman–Crippen LogP) is 2.65. The number of nitrogens with two attached hydrogens (primary N) is 1. The first-order valence-electron chi connectivity index (χ1n) is 5.74. The van der Waals surface area contributed by atoms with Crippen LogP contribution >= 0.6 is 11.3 Å². The third kappa shape index (κ3) is 2.81. The van der Waals surface area contributed by atoms with Crippen molar-refractivity contribution in [1.29, 1.82) is 0 Å². The first-order chi connectivity index (χ1) is 8.36. The van der Waals surface area contributed by atoms with E-state index < -0.39 is 0 Å². The molecule has 0 radical (unpaired) electrons. The molecule has 0 saturated heterocycles. The topological polar surface area (TPSA) is 68.2 Å². The molecule has 2 N–H and O–H groups in total. The second kappa shape index (κ2) is 4.61. The minimum absolute atomic E-state index is 0.0151. The molecule has 2 aromatic rings. The van der Waals surface area contributed by atoms with Crippen LogP contribution in [0.5, 0.6) is 0 Å². The van der Waals surface area contributed by atoms with Crippen LogP contribution in [-0.2, 0) is 12.0 Å². The molecule has 98 valence electrons. The van der Waals surface area contributed by atoms with Crippen LogP contribution in [0.15, 0.2) is 16.8 Å². The lowest BCUT2D eigenvalue weighted by Crippen LogP contribution is -2.15. The highest BCUT2D eigenvalue weighted by molar-refractivity contribution is 7.19. The Morgan fingerprint density at radius 3 is 2.56 bits per heavy atom. The molecule has 5 nitrogen and oxygen atoms in total. The molecular weight excluding hydrogens is 248 g/mol. The van der Waals surface area contributed by atoms with Crippen LogP contribution in [0.3, 0.4) is 0 Å². The molecule has 2 rings (SSSR count). The van der Waals surface area contributed by atoms with Crippen molar-refractivity contribution in [3.05, 3.63) is 24.0 Å². The first kappa shape index (κ1) is 12.9. The van der Waals surface area contributed by atoms with Crippen LogP contribution in [0, 0.1) is 0 Å². The highest BCUT2D eigenvalue weighted by atomic mass is 32.1. The molecule has 0 fully saturated rings. The van der Waals surface area contributed by atoms with Gasteiger partial charge in [0.05, 0.1) is 18.9 Å². The van der Waals surface area contributed by atoms with Crippen molar-refractivity contribution in [2.75, 3.05) is 17.7 Å². The molecule has 2 heterocycles. The van der Waals surface area contributed by atoms with Crippen LogP contribution in [0.1, 0.15) is 32.4 Å². The summed E-state index contributed by atoms with van der Waals surface area (Å²) in [6.45, 7) is 6.92. The zero-order chi connectivity index (χ0) is 13.3. The third-order valence-corrected chi connectivity index (χ3v) is 3.49. The lowest BCUT2D eigenvalue weighted by atomic mass is 9.94. The summed E-state index contributed by atoms with van der Waals surface area (Å²) in [4.78, 5) is 10.3. The van der Waals surface area contributed by atoms with E-state index in [-0.39, 0.29) is 5.41 Å². The fourth-order valence-electron chi connectivity index (χ4n) is 1.47. The molecular formula is C12H18N4OS. The highest BCUT2D eigenvalue weighted by Crippen LogP contribution is 2.26. The van der Waals surface area contributed by atoms with Gasteiger partial charge in [0.15, 0.2) is 5.13 Å². The number of thiazole rings is 1. The van der Waals surface area contributed by atoms with E-state index in [0.29, 0.717) is 17.6 Å². The highest BCUT2D eigenvalue weighted by Gasteiger charge is 2.19. The maximum atomic E-state index is 5.75. The molecule has 2 aromatic heterocycles. The van der Waals surface area contributed by atoms with Crippen molar-refractivity contribution in [1.82, 2.24) is 9.97 Å². The van der Waals surface area contributed by atoms with E-state index >= 15 is 0 Å². The average molecular weight is 266 g/mol. The summed E-state index contributed by atoms with van der Waals surface area (Å²) in [6, 6.07) is 0. The monoisotopic (exact) mass is 266 g/mol. The van der Waals surface area contributed by atoms with Crippen LogP contribution < -0.4 is 10.6 Å². The van der Waals surface area contributed by atoms with Crippen molar-refractivity contribution in [3.63, 3.8) is 0 Å². The lowest BCUT2D eigenvalue weighted by Gasteiger charge is -2.15. The molecule has 0 saturated carbocycles. The van der Waals surface area contributed by atoms with Gasteiger partial charge < -0.3 is 15.1 Å². The van der Waals surface area contributed by atoms with Gasteiger partial charge in [0, 0.05) is 12.5 Å². The number of rotatable bonds is 3. The van der Waals surface area contributed by atoms with Gasteiger partial charge in [0.2, 0.25) is 5.89 Å². The second-order valence-electron chi connectivity index (χ2n) is 5.26. The van der Waals surface area contributed by atoms with E-state index in [1.54, 1.807) is 12.4 Å². The minimum atomic E-state index is -0.0151. The molecule has 0 aliphatic rings. The van der Waals surface area contributed by atoms with Crippen LogP contribution in [0.2, 0.25) is 0 Å². The van der Waals surface area contributed by atoms with Crippen molar-refractivity contribution in [2.45, 2.75) is 32.7 Å². The Hall–Kier alpha value is -1.56. The molecule has 0 aliphatic carbocycles. The Labute approximate surface area is 111 Å². The van der Waals surface area contributed by atoms with E-state index in [1.807, 2.05) is 11.9 Å². The summed E-state index contributed by atoms with van der Waals surface area (Å²) in [6.07, 6.45) is 3.55. The van der Waals surface area contributed by atoms with Gasteiger partial charge in [-0.2, -0.15) is 0 Å². The Bertz CT molecular complexity index is 526. The maximum Gasteiger partial charge on any atom is 0.213 e. The van der Waals surface area contributed by atoms with Crippen LogP contribution in [-0.4, -0.2) is 17.0 Å². The summed E-state index contributed by atoms with van der Waals surface area (Å²) in [5.74, 6) is 1.60. The van der Waals surface area contributed by atoms with E-state index in [2.05, 4.69) is 30.7 Å². The smallest absolute Gasteiger partial charge is 0.213 e. The standard InChI is InChI=1S/C12H18N4OS/c1-12(2,3)8-5-14-9(17-8)7-16(4)10-6-15-11(13)18-10/h5-6H,7H2,1-4H3,(H2,13,15). The Morgan fingerprint density at radius 1 is 1.33 bits per heavy atom. The molecule has 18 heavy (non-hydrogen) atoms. The van der Waals surface area contributed by atoms with Gasteiger partial charge in [-0.15, -0.1) is 0 Å². The van der Waals surface area contributed by atoms with Gasteiger partial charge in [-0.05, 0) is 0 Å². The van der Waals surface area contributed by atoms with Gasteiger partial charge >= 0.3 is 0 Å². The van der Waals surface area contributed by atoms with Gasteiger partial charge in [-0.3, -0.25) is 0 Å². The van der Waals surface area contributed by atoms with Gasteiger partial charge in [0.25, 0.3) is 0 Å². The van der Waals surface area contributed by atoms with Gasteiger partial charge in [-0.25, -0.2) is 9.97 Å². The maximum absolute atomic E-state index is 5.75. The Morgan fingerprint density at radius 2 is 2.06 bits per heavy atom. The summed E-state index contributed by atoms with van der Waals surface area (Å²) in [5, 5.41) is 1.57. The molecule has 0 bridgehead atoms. The second-order valence-corrected chi connectivity index (χ2v) is 6.30.